The van der Waals surface area contributed by atoms with Crippen molar-refractivity contribution in [3.8, 4) is 0 Å². The summed E-state index contributed by atoms with van der Waals surface area (Å²) < 4.78 is 9.96. The minimum absolute atomic E-state index is 0.125. The van der Waals surface area contributed by atoms with E-state index in [4.69, 9.17) is 9.47 Å². The van der Waals surface area contributed by atoms with Crippen molar-refractivity contribution in [1.82, 2.24) is 5.32 Å². The van der Waals surface area contributed by atoms with E-state index >= 15 is 0 Å². The second kappa shape index (κ2) is 6.21. The Labute approximate surface area is 97.7 Å². The molecule has 0 unspecified atom stereocenters. The van der Waals surface area contributed by atoms with Crippen LogP contribution in [0.15, 0.2) is 0 Å². The maximum Gasteiger partial charge on any atom is 0.326 e. The van der Waals surface area contributed by atoms with E-state index in [9.17, 15) is 4.79 Å². The van der Waals surface area contributed by atoms with E-state index in [1.165, 1.54) is 7.11 Å². The standard InChI is InChI=1S/C12H23NO3/c1-13-12(11(14)16-3)7-4-10(5-8-12)6-9-15-2/h10,13H,4-9H2,1-3H3. The molecule has 0 aliphatic heterocycles. The van der Waals surface area contributed by atoms with Gasteiger partial charge in [-0.1, -0.05) is 0 Å². The van der Waals surface area contributed by atoms with Gasteiger partial charge in [0, 0.05) is 13.7 Å². The van der Waals surface area contributed by atoms with Gasteiger partial charge in [-0.15, -0.1) is 0 Å². The van der Waals surface area contributed by atoms with Crippen LogP contribution in [0, 0.1) is 5.92 Å². The van der Waals surface area contributed by atoms with Crippen LogP contribution in [-0.4, -0.2) is 39.4 Å². The smallest absolute Gasteiger partial charge is 0.326 e. The Morgan fingerprint density at radius 1 is 1.38 bits per heavy atom. The van der Waals surface area contributed by atoms with E-state index in [0.717, 1.165) is 38.7 Å². The number of methoxy groups -OCH3 is 2. The Bertz CT molecular complexity index is 222. The summed E-state index contributed by atoms with van der Waals surface area (Å²) in [5.41, 5.74) is -0.446. The van der Waals surface area contributed by atoms with Gasteiger partial charge in [0.15, 0.2) is 0 Å². The molecule has 0 atom stereocenters. The molecule has 16 heavy (non-hydrogen) atoms. The molecule has 1 saturated carbocycles. The van der Waals surface area contributed by atoms with Crippen molar-refractivity contribution < 1.29 is 14.3 Å². The second-order valence-electron chi connectivity index (χ2n) is 4.55. The van der Waals surface area contributed by atoms with Gasteiger partial charge in [0.25, 0.3) is 0 Å². The van der Waals surface area contributed by atoms with E-state index in [-0.39, 0.29) is 5.97 Å². The molecule has 4 heteroatoms. The highest BCUT2D eigenvalue weighted by Gasteiger charge is 2.41. The van der Waals surface area contributed by atoms with Gasteiger partial charge < -0.3 is 14.8 Å². The molecular weight excluding hydrogens is 206 g/mol. The molecule has 1 aliphatic rings. The van der Waals surface area contributed by atoms with Crippen molar-refractivity contribution in [3.63, 3.8) is 0 Å². The third-order valence-corrected chi connectivity index (χ3v) is 3.74. The Balaban J connectivity index is 2.47. The van der Waals surface area contributed by atoms with E-state index in [1.54, 1.807) is 7.11 Å². The van der Waals surface area contributed by atoms with Crippen LogP contribution in [0.4, 0.5) is 0 Å². The summed E-state index contributed by atoms with van der Waals surface area (Å²) >= 11 is 0. The predicted octanol–water partition coefficient (Wildman–Crippen LogP) is 1.34. The lowest BCUT2D eigenvalue weighted by Gasteiger charge is -2.37. The molecule has 0 spiro atoms. The normalized spacial score (nSPS) is 30.1. The molecule has 1 aliphatic carbocycles. The van der Waals surface area contributed by atoms with Gasteiger partial charge in [0.2, 0.25) is 0 Å². The molecule has 0 aromatic rings. The fraction of sp³-hybridized carbons (Fsp3) is 0.917. The summed E-state index contributed by atoms with van der Waals surface area (Å²) in [7, 11) is 5.03. The predicted molar refractivity (Wildman–Crippen MR) is 62.3 cm³/mol. The first-order chi connectivity index (χ1) is 7.68. The molecule has 1 N–H and O–H groups in total. The van der Waals surface area contributed by atoms with E-state index in [0.29, 0.717) is 5.92 Å². The molecule has 0 amide bonds. The highest BCUT2D eigenvalue weighted by Crippen LogP contribution is 2.34. The lowest BCUT2D eigenvalue weighted by molar-refractivity contribution is -0.150. The summed E-state index contributed by atoms with van der Waals surface area (Å²) in [5, 5.41) is 3.14. The minimum atomic E-state index is -0.446. The van der Waals surface area contributed by atoms with Crippen LogP contribution in [0.3, 0.4) is 0 Å². The number of rotatable bonds is 5. The largest absolute Gasteiger partial charge is 0.468 e. The van der Waals surface area contributed by atoms with Gasteiger partial charge in [-0.25, -0.2) is 0 Å². The molecule has 0 radical (unpaired) electrons. The maximum atomic E-state index is 11.7. The number of hydrogen-bond donors (Lipinski definition) is 1. The Morgan fingerprint density at radius 3 is 2.44 bits per heavy atom. The Hall–Kier alpha value is -0.610. The van der Waals surface area contributed by atoms with Gasteiger partial charge in [-0.2, -0.15) is 0 Å². The van der Waals surface area contributed by atoms with Crippen LogP contribution in [0.1, 0.15) is 32.1 Å². The fourth-order valence-electron chi connectivity index (χ4n) is 2.50. The van der Waals surface area contributed by atoms with Crippen LogP contribution >= 0.6 is 0 Å². The first-order valence-corrected chi connectivity index (χ1v) is 5.95. The molecular formula is C12H23NO3. The highest BCUT2D eigenvalue weighted by molar-refractivity contribution is 5.80. The monoisotopic (exact) mass is 229 g/mol. The fourth-order valence-corrected chi connectivity index (χ4v) is 2.50. The molecule has 1 rings (SSSR count). The van der Waals surface area contributed by atoms with Gasteiger partial charge >= 0.3 is 5.97 Å². The summed E-state index contributed by atoms with van der Waals surface area (Å²) in [6.45, 7) is 0.815. The second-order valence-corrected chi connectivity index (χ2v) is 4.55. The van der Waals surface area contributed by atoms with Gasteiger partial charge in [0.05, 0.1) is 7.11 Å². The van der Waals surface area contributed by atoms with Gasteiger partial charge in [-0.05, 0) is 45.1 Å². The van der Waals surface area contributed by atoms with Gasteiger partial charge in [0.1, 0.15) is 5.54 Å². The Morgan fingerprint density at radius 2 is 2.00 bits per heavy atom. The zero-order valence-electron chi connectivity index (χ0n) is 10.5. The average Bonchev–Trinajstić information content (AvgIpc) is 2.36. The number of carbonyl (C=O) groups excluding carboxylic acids is 1. The van der Waals surface area contributed by atoms with Crippen LogP contribution in [0.2, 0.25) is 0 Å². The molecule has 94 valence electrons. The topological polar surface area (TPSA) is 47.6 Å². The lowest BCUT2D eigenvalue weighted by atomic mass is 9.75. The number of esters is 1. The Kier molecular flexibility index (Phi) is 5.22. The first-order valence-electron chi connectivity index (χ1n) is 5.95. The number of ether oxygens (including phenoxy) is 2. The number of carbonyl (C=O) groups is 1. The summed E-state index contributed by atoms with van der Waals surface area (Å²) in [4.78, 5) is 11.7. The van der Waals surface area contributed by atoms with Gasteiger partial charge in [-0.3, -0.25) is 4.79 Å². The van der Waals surface area contributed by atoms with E-state index in [2.05, 4.69) is 5.32 Å². The van der Waals surface area contributed by atoms with Crippen molar-refractivity contribution in [1.29, 1.82) is 0 Å². The minimum Gasteiger partial charge on any atom is -0.468 e. The average molecular weight is 229 g/mol. The molecule has 0 aromatic heterocycles. The van der Waals surface area contributed by atoms with Crippen molar-refractivity contribution in [2.45, 2.75) is 37.6 Å². The van der Waals surface area contributed by atoms with Crippen LogP contribution < -0.4 is 5.32 Å². The van der Waals surface area contributed by atoms with Crippen LogP contribution in [0.25, 0.3) is 0 Å². The van der Waals surface area contributed by atoms with Crippen LogP contribution in [0.5, 0.6) is 0 Å². The van der Waals surface area contributed by atoms with E-state index in [1.807, 2.05) is 7.05 Å². The third-order valence-electron chi connectivity index (χ3n) is 3.74. The molecule has 0 bridgehead atoms. The molecule has 4 nitrogen and oxygen atoms in total. The first kappa shape index (κ1) is 13.5. The number of nitrogens with one attached hydrogen (secondary N) is 1. The molecule has 1 fully saturated rings. The zero-order valence-corrected chi connectivity index (χ0v) is 10.5. The van der Waals surface area contributed by atoms with Crippen molar-refractivity contribution >= 4 is 5.97 Å². The zero-order chi connectivity index (χ0) is 12.0. The quantitative estimate of drug-likeness (QED) is 0.723. The van der Waals surface area contributed by atoms with Crippen molar-refractivity contribution in [2.24, 2.45) is 5.92 Å². The molecule has 0 heterocycles. The molecule has 0 saturated heterocycles. The molecule has 0 aromatic carbocycles. The van der Waals surface area contributed by atoms with Crippen LogP contribution in [-0.2, 0) is 14.3 Å². The van der Waals surface area contributed by atoms with Crippen molar-refractivity contribution in [2.75, 3.05) is 27.9 Å². The summed E-state index contributed by atoms with van der Waals surface area (Å²) in [5.74, 6) is 0.561. The van der Waals surface area contributed by atoms with Crippen molar-refractivity contribution in [3.05, 3.63) is 0 Å². The SMILES string of the molecule is CNC1(C(=O)OC)CCC(CCOC)CC1. The van der Waals surface area contributed by atoms with E-state index < -0.39 is 5.54 Å². The highest BCUT2D eigenvalue weighted by atomic mass is 16.5. The summed E-state index contributed by atoms with van der Waals surface area (Å²) in [6.07, 6.45) is 4.96. The third kappa shape index (κ3) is 2.95. The summed E-state index contributed by atoms with van der Waals surface area (Å²) in [6, 6.07) is 0. The number of likely N-dealkylation sites (N-methyl/N-ethyl adjacent to an activating group) is 1. The maximum absolute atomic E-state index is 11.7. The number of hydrogen-bond acceptors (Lipinski definition) is 4. The lowest BCUT2D eigenvalue weighted by Crippen LogP contribution is -2.53.